The van der Waals surface area contributed by atoms with Crippen LogP contribution in [-0.2, 0) is 0 Å². The number of benzene rings is 1. The second kappa shape index (κ2) is 5.66. The third kappa shape index (κ3) is 3.58. The molecule has 2 amide bonds. The molecule has 1 aromatic heterocycles. The molecule has 0 aliphatic heterocycles. The van der Waals surface area contributed by atoms with Gasteiger partial charge in [-0.3, -0.25) is 10.3 Å². The van der Waals surface area contributed by atoms with Crippen LogP contribution in [0, 0.1) is 0 Å². The summed E-state index contributed by atoms with van der Waals surface area (Å²) in [7, 11) is 0. The molecule has 0 saturated carbocycles. The van der Waals surface area contributed by atoms with Crippen LogP contribution < -0.4 is 10.6 Å². The Labute approximate surface area is 113 Å². The normalized spacial score (nSPS) is 9.89. The van der Waals surface area contributed by atoms with Crippen molar-refractivity contribution in [1.29, 1.82) is 0 Å². The van der Waals surface area contributed by atoms with Crippen molar-refractivity contribution < 1.29 is 4.79 Å². The van der Waals surface area contributed by atoms with Gasteiger partial charge in [-0.25, -0.2) is 9.78 Å². The standard InChI is InChI=1S/C11H8Cl2N4O/c12-7-2-1-3-8(4-7)15-11(18)17-10-6-14-5-9(13)16-10/h1-6H,(H2,15,16,17,18). The van der Waals surface area contributed by atoms with Gasteiger partial charge in [0.05, 0.1) is 12.4 Å². The number of nitrogens with zero attached hydrogens (tertiary/aromatic N) is 2. The first kappa shape index (κ1) is 12.6. The summed E-state index contributed by atoms with van der Waals surface area (Å²) in [5.41, 5.74) is 0.579. The van der Waals surface area contributed by atoms with Crippen LogP contribution in [0.4, 0.5) is 16.3 Å². The van der Waals surface area contributed by atoms with Gasteiger partial charge in [0.15, 0.2) is 5.82 Å². The highest BCUT2D eigenvalue weighted by Gasteiger charge is 2.04. The number of carbonyl (C=O) groups excluding carboxylic acids is 1. The molecule has 0 saturated heterocycles. The highest BCUT2D eigenvalue weighted by atomic mass is 35.5. The molecule has 2 rings (SSSR count). The van der Waals surface area contributed by atoms with Crippen LogP contribution in [0.15, 0.2) is 36.7 Å². The molecule has 1 heterocycles. The topological polar surface area (TPSA) is 66.9 Å². The first-order valence-electron chi connectivity index (χ1n) is 4.94. The van der Waals surface area contributed by atoms with E-state index in [-0.39, 0.29) is 11.0 Å². The third-order valence-electron chi connectivity index (χ3n) is 1.93. The molecule has 0 aliphatic rings. The van der Waals surface area contributed by atoms with Gasteiger partial charge in [0.2, 0.25) is 0 Å². The molecule has 7 heteroatoms. The molecule has 0 unspecified atom stereocenters. The van der Waals surface area contributed by atoms with Crippen molar-refractivity contribution in [3.63, 3.8) is 0 Å². The number of hydrogen-bond acceptors (Lipinski definition) is 3. The molecule has 0 fully saturated rings. The van der Waals surface area contributed by atoms with Gasteiger partial charge in [0.25, 0.3) is 0 Å². The van der Waals surface area contributed by atoms with E-state index in [1.807, 2.05) is 0 Å². The highest BCUT2D eigenvalue weighted by molar-refractivity contribution is 6.31. The average Bonchev–Trinajstić information content (AvgIpc) is 2.28. The fraction of sp³-hybridized carbons (Fsp3) is 0. The number of urea groups is 1. The zero-order chi connectivity index (χ0) is 13.0. The molecule has 0 spiro atoms. The van der Waals surface area contributed by atoms with E-state index >= 15 is 0 Å². The van der Waals surface area contributed by atoms with Crippen LogP contribution >= 0.6 is 23.2 Å². The number of nitrogens with one attached hydrogen (secondary N) is 2. The van der Waals surface area contributed by atoms with Crippen LogP contribution in [0.25, 0.3) is 0 Å². The van der Waals surface area contributed by atoms with Gasteiger partial charge in [-0.15, -0.1) is 0 Å². The summed E-state index contributed by atoms with van der Waals surface area (Å²) in [5, 5.41) is 5.85. The summed E-state index contributed by atoms with van der Waals surface area (Å²) < 4.78 is 0. The minimum Gasteiger partial charge on any atom is -0.308 e. The number of rotatable bonds is 2. The lowest BCUT2D eigenvalue weighted by Crippen LogP contribution is -2.20. The van der Waals surface area contributed by atoms with Crippen molar-refractivity contribution in [2.45, 2.75) is 0 Å². The van der Waals surface area contributed by atoms with E-state index < -0.39 is 6.03 Å². The SMILES string of the molecule is O=C(Nc1cccc(Cl)c1)Nc1cncc(Cl)n1. The lowest BCUT2D eigenvalue weighted by atomic mass is 10.3. The summed E-state index contributed by atoms with van der Waals surface area (Å²) in [4.78, 5) is 19.3. The Hall–Kier alpha value is -1.85. The molecular formula is C11H8Cl2N4O. The van der Waals surface area contributed by atoms with Crippen molar-refractivity contribution >= 4 is 40.7 Å². The molecular weight excluding hydrogens is 275 g/mol. The quantitative estimate of drug-likeness (QED) is 0.887. The second-order valence-electron chi connectivity index (χ2n) is 3.32. The second-order valence-corrected chi connectivity index (χ2v) is 4.14. The third-order valence-corrected chi connectivity index (χ3v) is 2.35. The summed E-state index contributed by atoms with van der Waals surface area (Å²) in [6.45, 7) is 0. The molecule has 2 aromatic rings. The van der Waals surface area contributed by atoms with Gasteiger partial charge >= 0.3 is 6.03 Å². The Morgan fingerprint density at radius 2 is 2.00 bits per heavy atom. The first-order chi connectivity index (χ1) is 8.63. The van der Waals surface area contributed by atoms with E-state index in [1.54, 1.807) is 24.3 Å². The van der Waals surface area contributed by atoms with Crippen LogP contribution in [0.5, 0.6) is 0 Å². The van der Waals surface area contributed by atoms with E-state index in [0.29, 0.717) is 10.7 Å². The number of halogens is 2. The monoisotopic (exact) mass is 282 g/mol. The molecule has 2 N–H and O–H groups in total. The molecule has 5 nitrogen and oxygen atoms in total. The summed E-state index contributed by atoms with van der Waals surface area (Å²) in [6.07, 6.45) is 2.77. The van der Waals surface area contributed by atoms with Crippen LogP contribution in [0.1, 0.15) is 0 Å². The summed E-state index contributed by atoms with van der Waals surface area (Å²) in [6, 6.07) is 6.35. The predicted molar refractivity (Wildman–Crippen MR) is 71.1 cm³/mol. The molecule has 0 radical (unpaired) electrons. The van der Waals surface area contributed by atoms with E-state index in [4.69, 9.17) is 23.2 Å². The Bertz CT molecular complexity index is 527. The Kier molecular flexibility index (Phi) is 3.96. The highest BCUT2D eigenvalue weighted by Crippen LogP contribution is 2.15. The predicted octanol–water partition coefficient (Wildman–Crippen LogP) is 3.43. The van der Waals surface area contributed by atoms with Gasteiger partial charge in [0, 0.05) is 10.7 Å². The largest absolute Gasteiger partial charge is 0.324 e. The summed E-state index contributed by atoms with van der Waals surface area (Å²) in [5.74, 6) is 0.266. The lowest BCUT2D eigenvalue weighted by molar-refractivity contribution is 0.262. The number of carbonyl (C=O) groups is 1. The molecule has 18 heavy (non-hydrogen) atoms. The Balaban J connectivity index is 2.01. The van der Waals surface area contributed by atoms with Gasteiger partial charge in [-0.05, 0) is 18.2 Å². The summed E-state index contributed by atoms with van der Waals surface area (Å²) >= 11 is 11.4. The molecule has 0 atom stereocenters. The van der Waals surface area contributed by atoms with Crippen molar-refractivity contribution in [3.05, 3.63) is 46.8 Å². The maximum absolute atomic E-state index is 11.6. The fourth-order valence-electron chi connectivity index (χ4n) is 1.25. The van der Waals surface area contributed by atoms with E-state index in [9.17, 15) is 4.79 Å². The van der Waals surface area contributed by atoms with E-state index in [2.05, 4.69) is 20.6 Å². The van der Waals surface area contributed by atoms with Crippen LogP contribution in [-0.4, -0.2) is 16.0 Å². The minimum absolute atomic E-state index is 0.204. The van der Waals surface area contributed by atoms with Crippen molar-refractivity contribution in [1.82, 2.24) is 9.97 Å². The fourth-order valence-corrected chi connectivity index (χ4v) is 1.58. The minimum atomic E-state index is -0.450. The maximum atomic E-state index is 11.6. The van der Waals surface area contributed by atoms with Crippen LogP contribution in [0.3, 0.4) is 0 Å². The van der Waals surface area contributed by atoms with Crippen molar-refractivity contribution in [3.8, 4) is 0 Å². The lowest BCUT2D eigenvalue weighted by Gasteiger charge is -2.06. The first-order valence-corrected chi connectivity index (χ1v) is 5.70. The zero-order valence-corrected chi connectivity index (χ0v) is 10.5. The van der Waals surface area contributed by atoms with Crippen molar-refractivity contribution in [2.24, 2.45) is 0 Å². The van der Waals surface area contributed by atoms with Gasteiger partial charge < -0.3 is 5.32 Å². The number of aromatic nitrogens is 2. The molecule has 0 aliphatic carbocycles. The smallest absolute Gasteiger partial charge is 0.308 e. The van der Waals surface area contributed by atoms with Crippen molar-refractivity contribution in [2.75, 3.05) is 10.6 Å². The van der Waals surface area contributed by atoms with Gasteiger partial charge in [-0.2, -0.15) is 0 Å². The van der Waals surface area contributed by atoms with Gasteiger partial charge in [-0.1, -0.05) is 29.3 Å². The number of hydrogen-bond donors (Lipinski definition) is 2. The number of amides is 2. The van der Waals surface area contributed by atoms with E-state index in [0.717, 1.165) is 0 Å². The van der Waals surface area contributed by atoms with Crippen LogP contribution in [0.2, 0.25) is 10.2 Å². The average molecular weight is 283 g/mol. The molecule has 92 valence electrons. The zero-order valence-electron chi connectivity index (χ0n) is 9.02. The Morgan fingerprint density at radius 3 is 2.72 bits per heavy atom. The Morgan fingerprint density at radius 1 is 1.17 bits per heavy atom. The van der Waals surface area contributed by atoms with E-state index in [1.165, 1.54) is 12.4 Å². The number of anilines is 2. The van der Waals surface area contributed by atoms with Gasteiger partial charge in [0.1, 0.15) is 5.15 Å². The molecule has 1 aromatic carbocycles. The molecule has 0 bridgehead atoms. The maximum Gasteiger partial charge on any atom is 0.324 e.